The minimum Gasteiger partial charge on any atom is -0.358 e. The van der Waals surface area contributed by atoms with Crippen LogP contribution in [0.5, 0.6) is 0 Å². The van der Waals surface area contributed by atoms with Crippen molar-refractivity contribution in [3.63, 3.8) is 0 Å². The molecule has 3 rings (SSSR count). The summed E-state index contributed by atoms with van der Waals surface area (Å²) in [5, 5.41) is 2.07. The fourth-order valence-corrected chi connectivity index (χ4v) is 3.43. The quantitative estimate of drug-likeness (QED) is 0.752. The van der Waals surface area contributed by atoms with Crippen molar-refractivity contribution in [1.82, 2.24) is 0 Å². The number of rotatable bonds is 4. The van der Waals surface area contributed by atoms with Gasteiger partial charge >= 0.3 is 6.18 Å². The molecule has 9 heteroatoms. The highest BCUT2D eigenvalue weighted by Crippen LogP contribution is 2.36. The van der Waals surface area contributed by atoms with E-state index >= 15 is 0 Å². The predicted molar refractivity (Wildman–Crippen MR) is 99.3 cm³/mol. The summed E-state index contributed by atoms with van der Waals surface area (Å²) in [4.78, 5) is 15.1. The lowest BCUT2D eigenvalue weighted by Crippen LogP contribution is -3.15. The summed E-state index contributed by atoms with van der Waals surface area (Å²) in [5.74, 6) is -0.670. The Bertz CT molecular complexity index is 851. The summed E-state index contributed by atoms with van der Waals surface area (Å²) in [6.07, 6.45) is -4.59. The third-order valence-electron chi connectivity index (χ3n) is 4.63. The second kappa shape index (κ2) is 8.36. The number of para-hydroxylation sites is 1. The number of hydrogen-bond acceptors (Lipinski definition) is 2. The van der Waals surface area contributed by atoms with Crippen LogP contribution in [0.2, 0.25) is 5.02 Å². The van der Waals surface area contributed by atoms with Crippen molar-refractivity contribution < 1.29 is 27.3 Å². The molecule has 1 amide bonds. The van der Waals surface area contributed by atoms with Crippen LogP contribution in [-0.4, -0.2) is 38.6 Å². The summed E-state index contributed by atoms with van der Waals surface area (Å²) in [6, 6.07) is 9.79. The summed E-state index contributed by atoms with van der Waals surface area (Å²) in [7, 11) is 0. The molecular formula is C19H19ClF4N3O+. The van der Waals surface area contributed by atoms with E-state index in [0.29, 0.717) is 31.9 Å². The molecule has 2 aromatic rings. The Kier molecular flexibility index (Phi) is 6.10. The summed E-state index contributed by atoms with van der Waals surface area (Å²) in [6.45, 7) is 2.53. The van der Waals surface area contributed by atoms with E-state index in [4.69, 9.17) is 11.6 Å². The van der Waals surface area contributed by atoms with Crippen LogP contribution in [0.4, 0.5) is 28.9 Å². The standard InChI is InChI=1S/C19H18ClF4N3O/c20-15-6-5-13(11-14(15)19(22,23)24)25-18(28)12-26-7-9-27(10-8-26)17-4-2-1-3-16(17)21/h1-6,11H,7-10,12H2,(H,25,28)/p+1. The normalized spacial score (nSPS) is 15.5. The van der Waals surface area contributed by atoms with E-state index in [0.717, 1.165) is 17.0 Å². The number of hydrogen-bond donors (Lipinski definition) is 2. The van der Waals surface area contributed by atoms with Gasteiger partial charge in [-0.05, 0) is 30.3 Å². The molecule has 2 aromatic carbocycles. The average molecular weight is 417 g/mol. The van der Waals surface area contributed by atoms with Gasteiger partial charge in [0.15, 0.2) is 6.54 Å². The van der Waals surface area contributed by atoms with Crippen molar-refractivity contribution in [3.05, 3.63) is 58.9 Å². The summed E-state index contributed by atoms with van der Waals surface area (Å²) >= 11 is 5.58. The van der Waals surface area contributed by atoms with Crippen LogP contribution < -0.4 is 15.1 Å². The maximum absolute atomic E-state index is 13.9. The molecule has 1 aliphatic rings. The highest BCUT2D eigenvalue weighted by Gasteiger charge is 2.33. The first kappa shape index (κ1) is 20.4. The number of nitrogens with one attached hydrogen (secondary N) is 2. The molecule has 0 saturated carbocycles. The van der Waals surface area contributed by atoms with Gasteiger partial charge in [-0.3, -0.25) is 4.79 Å². The van der Waals surface area contributed by atoms with Gasteiger partial charge in [0.05, 0.1) is 42.5 Å². The smallest absolute Gasteiger partial charge is 0.358 e. The van der Waals surface area contributed by atoms with Crippen LogP contribution in [0, 0.1) is 5.82 Å². The van der Waals surface area contributed by atoms with Gasteiger partial charge in [0.1, 0.15) is 5.82 Å². The average Bonchev–Trinajstić information content (AvgIpc) is 2.63. The Morgan fingerprint density at radius 1 is 1.14 bits per heavy atom. The Hall–Kier alpha value is -2.32. The molecule has 0 spiro atoms. The molecule has 4 nitrogen and oxygen atoms in total. The van der Waals surface area contributed by atoms with Crippen molar-refractivity contribution >= 4 is 28.9 Å². The maximum atomic E-state index is 13.9. The minimum absolute atomic E-state index is 0.0473. The number of halogens is 5. The number of carbonyl (C=O) groups excluding carboxylic acids is 1. The Morgan fingerprint density at radius 3 is 2.46 bits per heavy atom. The van der Waals surface area contributed by atoms with Gasteiger partial charge in [-0.15, -0.1) is 0 Å². The second-order valence-corrected chi connectivity index (χ2v) is 7.01. The van der Waals surface area contributed by atoms with E-state index in [1.165, 1.54) is 12.1 Å². The van der Waals surface area contributed by atoms with Crippen LogP contribution >= 0.6 is 11.6 Å². The number of alkyl halides is 3. The van der Waals surface area contributed by atoms with Crippen molar-refractivity contribution in [3.8, 4) is 0 Å². The first-order valence-corrected chi connectivity index (χ1v) is 9.11. The fourth-order valence-electron chi connectivity index (χ4n) is 3.20. The molecule has 0 unspecified atom stereocenters. The number of anilines is 2. The fraction of sp³-hybridized carbons (Fsp3) is 0.316. The molecule has 2 N–H and O–H groups in total. The highest BCUT2D eigenvalue weighted by atomic mass is 35.5. The molecular weight excluding hydrogens is 398 g/mol. The van der Waals surface area contributed by atoms with Gasteiger partial charge in [-0.1, -0.05) is 23.7 Å². The molecule has 1 saturated heterocycles. The lowest BCUT2D eigenvalue weighted by molar-refractivity contribution is -0.892. The number of carbonyl (C=O) groups is 1. The monoisotopic (exact) mass is 416 g/mol. The Balaban J connectivity index is 1.55. The maximum Gasteiger partial charge on any atom is 0.417 e. The van der Waals surface area contributed by atoms with Crippen LogP contribution in [-0.2, 0) is 11.0 Å². The number of benzene rings is 2. The molecule has 1 fully saturated rings. The predicted octanol–water partition coefficient (Wildman–Crippen LogP) is 2.84. The minimum atomic E-state index is -4.59. The van der Waals surface area contributed by atoms with Gasteiger partial charge < -0.3 is 15.1 Å². The molecule has 0 atom stereocenters. The van der Waals surface area contributed by atoms with E-state index in [-0.39, 0.29) is 24.0 Å². The van der Waals surface area contributed by atoms with Crippen LogP contribution in [0.1, 0.15) is 5.56 Å². The van der Waals surface area contributed by atoms with E-state index in [1.54, 1.807) is 18.2 Å². The lowest BCUT2D eigenvalue weighted by atomic mass is 10.2. The third-order valence-corrected chi connectivity index (χ3v) is 4.96. The molecule has 0 aromatic heterocycles. The largest absolute Gasteiger partial charge is 0.417 e. The van der Waals surface area contributed by atoms with E-state index in [1.807, 2.05) is 4.90 Å². The van der Waals surface area contributed by atoms with Crippen LogP contribution in [0.25, 0.3) is 0 Å². The molecule has 150 valence electrons. The summed E-state index contributed by atoms with van der Waals surface area (Å²) in [5.41, 5.74) is -0.407. The van der Waals surface area contributed by atoms with Crippen molar-refractivity contribution in [2.24, 2.45) is 0 Å². The molecule has 0 aliphatic carbocycles. The number of nitrogens with zero attached hydrogens (tertiary/aromatic N) is 1. The number of piperazine rings is 1. The van der Waals surface area contributed by atoms with Gasteiger partial charge in [-0.25, -0.2) is 4.39 Å². The van der Waals surface area contributed by atoms with Crippen LogP contribution in [0.15, 0.2) is 42.5 Å². The van der Waals surface area contributed by atoms with Gasteiger partial charge in [0.25, 0.3) is 5.91 Å². The lowest BCUT2D eigenvalue weighted by Gasteiger charge is -2.33. The highest BCUT2D eigenvalue weighted by molar-refractivity contribution is 6.31. The zero-order valence-corrected chi connectivity index (χ0v) is 15.6. The Morgan fingerprint density at radius 2 is 1.82 bits per heavy atom. The van der Waals surface area contributed by atoms with Gasteiger partial charge in [-0.2, -0.15) is 13.2 Å². The molecule has 1 heterocycles. The van der Waals surface area contributed by atoms with Crippen molar-refractivity contribution in [1.29, 1.82) is 0 Å². The molecule has 0 radical (unpaired) electrons. The van der Waals surface area contributed by atoms with E-state index in [9.17, 15) is 22.4 Å². The van der Waals surface area contributed by atoms with E-state index < -0.39 is 16.8 Å². The van der Waals surface area contributed by atoms with Crippen LogP contribution in [0.3, 0.4) is 0 Å². The Labute approximate surface area is 164 Å². The summed E-state index contributed by atoms with van der Waals surface area (Å²) < 4.78 is 52.6. The number of quaternary nitrogens is 1. The van der Waals surface area contributed by atoms with Gasteiger partial charge in [0, 0.05) is 5.69 Å². The SMILES string of the molecule is O=C(C[NH+]1CCN(c2ccccc2F)CC1)Nc1ccc(Cl)c(C(F)(F)F)c1. The van der Waals surface area contributed by atoms with Crippen molar-refractivity contribution in [2.75, 3.05) is 42.9 Å². The first-order valence-electron chi connectivity index (χ1n) is 8.73. The van der Waals surface area contributed by atoms with Crippen molar-refractivity contribution in [2.45, 2.75) is 6.18 Å². The zero-order chi connectivity index (χ0) is 20.3. The topological polar surface area (TPSA) is 36.8 Å². The first-order chi connectivity index (χ1) is 13.2. The molecule has 0 bridgehead atoms. The van der Waals surface area contributed by atoms with E-state index in [2.05, 4.69) is 5.32 Å². The van der Waals surface area contributed by atoms with Gasteiger partial charge in [0.2, 0.25) is 0 Å². The zero-order valence-electron chi connectivity index (χ0n) is 14.8. The third kappa shape index (κ3) is 4.94. The molecule has 1 aliphatic heterocycles. The molecule has 28 heavy (non-hydrogen) atoms. The second-order valence-electron chi connectivity index (χ2n) is 6.61. The number of amides is 1.